The standard InChI is InChI=1S/C15H23NO3/c1-11(2)10-14(15(17)18)16-9-8-12-4-6-13(19-3)7-5-12/h4-7,11,14,16H,8-10H2,1-3H3,(H,17,18). The lowest BCUT2D eigenvalue weighted by Crippen LogP contribution is -2.38. The number of hydrogen-bond acceptors (Lipinski definition) is 3. The van der Waals surface area contributed by atoms with Crippen LogP contribution in [0.2, 0.25) is 0 Å². The van der Waals surface area contributed by atoms with Crippen LogP contribution in [0.4, 0.5) is 0 Å². The average molecular weight is 265 g/mol. The van der Waals surface area contributed by atoms with Crippen molar-refractivity contribution in [2.45, 2.75) is 32.7 Å². The molecule has 4 nitrogen and oxygen atoms in total. The van der Waals surface area contributed by atoms with Crippen molar-refractivity contribution in [2.75, 3.05) is 13.7 Å². The van der Waals surface area contributed by atoms with Gasteiger partial charge in [-0.25, -0.2) is 0 Å². The lowest BCUT2D eigenvalue weighted by atomic mass is 10.0. The predicted octanol–water partition coefficient (Wildman–Crippen LogP) is 2.33. The van der Waals surface area contributed by atoms with Crippen LogP contribution in [-0.2, 0) is 11.2 Å². The summed E-state index contributed by atoms with van der Waals surface area (Å²) in [6.07, 6.45) is 1.46. The first-order valence-corrected chi connectivity index (χ1v) is 6.62. The minimum atomic E-state index is -0.775. The summed E-state index contributed by atoms with van der Waals surface area (Å²) in [5.41, 5.74) is 1.17. The number of carboxylic acids is 1. The van der Waals surface area contributed by atoms with Gasteiger partial charge in [0.15, 0.2) is 0 Å². The van der Waals surface area contributed by atoms with Gasteiger partial charge in [-0.15, -0.1) is 0 Å². The third-order valence-corrected chi connectivity index (χ3v) is 2.97. The van der Waals surface area contributed by atoms with Gasteiger partial charge in [0, 0.05) is 0 Å². The molecular formula is C15H23NO3. The first-order chi connectivity index (χ1) is 9.02. The molecule has 2 N–H and O–H groups in total. The maximum absolute atomic E-state index is 11.1. The summed E-state index contributed by atoms with van der Waals surface area (Å²) in [6, 6.07) is 7.37. The number of benzene rings is 1. The van der Waals surface area contributed by atoms with Crippen LogP contribution in [0, 0.1) is 5.92 Å². The smallest absolute Gasteiger partial charge is 0.320 e. The molecule has 0 saturated carbocycles. The Morgan fingerprint density at radius 3 is 2.42 bits per heavy atom. The van der Waals surface area contributed by atoms with Crippen LogP contribution in [0.5, 0.6) is 5.75 Å². The monoisotopic (exact) mass is 265 g/mol. The fourth-order valence-electron chi connectivity index (χ4n) is 1.93. The van der Waals surface area contributed by atoms with E-state index in [0.29, 0.717) is 18.9 Å². The van der Waals surface area contributed by atoms with E-state index in [-0.39, 0.29) is 0 Å². The van der Waals surface area contributed by atoms with Crippen LogP contribution in [0.3, 0.4) is 0 Å². The molecule has 1 aromatic rings. The third kappa shape index (κ3) is 5.75. The van der Waals surface area contributed by atoms with Gasteiger partial charge in [0.2, 0.25) is 0 Å². The van der Waals surface area contributed by atoms with Crippen molar-refractivity contribution >= 4 is 5.97 Å². The van der Waals surface area contributed by atoms with E-state index in [1.165, 1.54) is 5.56 Å². The molecule has 0 radical (unpaired) electrons. The molecule has 106 valence electrons. The molecule has 1 aromatic carbocycles. The molecule has 0 aliphatic rings. The maximum atomic E-state index is 11.1. The molecule has 19 heavy (non-hydrogen) atoms. The second-order valence-electron chi connectivity index (χ2n) is 5.07. The highest BCUT2D eigenvalue weighted by atomic mass is 16.5. The van der Waals surface area contributed by atoms with E-state index in [0.717, 1.165) is 12.2 Å². The Bertz CT molecular complexity index is 387. The molecule has 1 unspecified atom stereocenters. The highest BCUT2D eigenvalue weighted by Crippen LogP contribution is 2.11. The summed E-state index contributed by atoms with van der Waals surface area (Å²) in [6.45, 7) is 4.72. The average Bonchev–Trinajstić information content (AvgIpc) is 2.37. The predicted molar refractivity (Wildman–Crippen MR) is 75.6 cm³/mol. The summed E-state index contributed by atoms with van der Waals surface area (Å²) in [7, 11) is 1.64. The zero-order valence-corrected chi connectivity index (χ0v) is 11.8. The van der Waals surface area contributed by atoms with Crippen molar-refractivity contribution in [3.05, 3.63) is 29.8 Å². The number of carbonyl (C=O) groups is 1. The van der Waals surface area contributed by atoms with Crippen molar-refractivity contribution in [1.82, 2.24) is 5.32 Å². The second kappa shape index (κ2) is 7.79. The first-order valence-electron chi connectivity index (χ1n) is 6.62. The molecule has 0 amide bonds. The fraction of sp³-hybridized carbons (Fsp3) is 0.533. The summed E-state index contributed by atoms with van der Waals surface area (Å²) >= 11 is 0. The molecule has 1 rings (SSSR count). The summed E-state index contributed by atoms with van der Waals surface area (Å²) in [4.78, 5) is 11.1. The van der Waals surface area contributed by atoms with Crippen LogP contribution < -0.4 is 10.1 Å². The summed E-state index contributed by atoms with van der Waals surface area (Å²) < 4.78 is 5.09. The number of methoxy groups -OCH3 is 1. The molecule has 4 heteroatoms. The van der Waals surface area contributed by atoms with Gasteiger partial charge in [0.1, 0.15) is 11.8 Å². The van der Waals surface area contributed by atoms with E-state index in [1.807, 2.05) is 38.1 Å². The molecule has 1 atom stereocenters. The lowest BCUT2D eigenvalue weighted by Gasteiger charge is -2.16. The molecule has 0 spiro atoms. The zero-order valence-electron chi connectivity index (χ0n) is 11.8. The van der Waals surface area contributed by atoms with E-state index in [9.17, 15) is 4.79 Å². The Hall–Kier alpha value is -1.55. The van der Waals surface area contributed by atoms with Crippen molar-refractivity contribution in [3.63, 3.8) is 0 Å². The van der Waals surface area contributed by atoms with Gasteiger partial charge >= 0.3 is 5.97 Å². The third-order valence-electron chi connectivity index (χ3n) is 2.97. The van der Waals surface area contributed by atoms with E-state index in [4.69, 9.17) is 9.84 Å². The number of ether oxygens (including phenoxy) is 1. The summed E-state index contributed by atoms with van der Waals surface area (Å²) in [5, 5.41) is 12.2. The van der Waals surface area contributed by atoms with Crippen LogP contribution >= 0.6 is 0 Å². The van der Waals surface area contributed by atoms with E-state index >= 15 is 0 Å². The van der Waals surface area contributed by atoms with Crippen molar-refractivity contribution < 1.29 is 14.6 Å². The van der Waals surface area contributed by atoms with Crippen molar-refractivity contribution in [1.29, 1.82) is 0 Å². The molecular weight excluding hydrogens is 242 g/mol. The topological polar surface area (TPSA) is 58.6 Å². The Balaban J connectivity index is 2.40. The van der Waals surface area contributed by atoms with Gasteiger partial charge in [0.25, 0.3) is 0 Å². The fourth-order valence-corrected chi connectivity index (χ4v) is 1.93. The van der Waals surface area contributed by atoms with Crippen LogP contribution in [0.25, 0.3) is 0 Å². The van der Waals surface area contributed by atoms with E-state index in [2.05, 4.69) is 5.32 Å². The number of aliphatic carboxylic acids is 1. The Kier molecular flexibility index (Phi) is 6.36. The summed E-state index contributed by atoms with van der Waals surface area (Å²) in [5.74, 6) is 0.429. The lowest BCUT2D eigenvalue weighted by molar-refractivity contribution is -0.139. The number of nitrogens with one attached hydrogen (secondary N) is 1. The maximum Gasteiger partial charge on any atom is 0.320 e. The highest BCUT2D eigenvalue weighted by molar-refractivity contribution is 5.73. The molecule has 0 aliphatic heterocycles. The molecule has 0 saturated heterocycles. The van der Waals surface area contributed by atoms with E-state index in [1.54, 1.807) is 7.11 Å². The van der Waals surface area contributed by atoms with Crippen molar-refractivity contribution in [3.8, 4) is 5.75 Å². The second-order valence-corrected chi connectivity index (χ2v) is 5.07. The van der Waals surface area contributed by atoms with Crippen molar-refractivity contribution in [2.24, 2.45) is 5.92 Å². The van der Waals surface area contributed by atoms with Gasteiger partial charge in [-0.05, 0) is 43.0 Å². The minimum absolute atomic E-state index is 0.370. The van der Waals surface area contributed by atoms with Gasteiger partial charge in [-0.1, -0.05) is 26.0 Å². The Labute approximate surface area is 114 Å². The largest absolute Gasteiger partial charge is 0.497 e. The number of carboxylic acid groups (broad SMARTS) is 1. The van der Waals surface area contributed by atoms with Gasteiger partial charge in [-0.3, -0.25) is 4.79 Å². The Morgan fingerprint density at radius 2 is 1.95 bits per heavy atom. The number of hydrogen-bond donors (Lipinski definition) is 2. The van der Waals surface area contributed by atoms with Crippen LogP contribution in [0.1, 0.15) is 25.8 Å². The molecule has 0 heterocycles. The SMILES string of the molecule is COc1ccc(CCNC(CC(C)C)C(=O)O)cc1. The number of rotatable bonds is 8. The minimum Gasteiger partial charge on any atom is -0.497 e. The van der Waals surface area contributed by atoms with E-state index < -0.39 is 12.0 Å². The van der Waals surface area contributed by atoms with Gasteiger partial charge in [0.05, 0.1) is 7.11 Å². The first kappa shape index (κ1) is 15.5. The molecule has 0 aromatic heterocycles. The van der Waals surface area contributed by atoms with Crippen LogP contribution in [-0.4, -0.2) is 30.8 Å². The zero-order chi connectivity index (χ0) is 14.3. The molecule has 0 bridgehead atoms. The van der Waals surface area contributed by atoms with Crippen LogP contribution in [0.15, 0.2) is 24.3 Å². The normalized spacial score (nSPS) is 12.4. The van der Waals surface area contributed by atoms with Gasteiger partial charge < -0.3 is 15.2 Å². The van der Waals surface area contributed by atoms with Gasteiger partial charge in [-0.2, -0.15) is 0 Å². The Morgan fingerprint density at radius 1 is 1.32 bits per heavy atom. The molecule has 0 aliphatic carbocycles. The highest BCUT2D eigenvalue weighted by Gasteiger charge is 2.17. The quantitative estimate of drug-likeness (QED) is 0.757. The molecule has 0 fully saturated rings.